The second kappa shape index (κ2) is 5.68. The summed E-state index contributed by atoms with van der Waals surface area (Å²) in [6, 6.07) is 1.40. The topological polar surface area (TPSA) is 24.5 Å². The minimum absolute atomic E-state index is 0.231. The molecular weight excluding hydrogens is 212 g/mol. The average molecular weight is 240 g/mol. The number of hydrogen-bond donors (Lipinski definition) is 1. The highest BCUT2D eigenvalue weighted by Crippen LogP contribution is 2.23. The fourth-order valence-corrected chi connectivity index (χ4v) is 2.93. The molecule has 17 heavy (non-hydrogen) atoms. The second-order valence-electron chi connectivity index (χ2n) is 6.54. The molecular formula is C14H28N2O. The molecule has 2 atom stereocenters. The summed E-state index contributed by atoms with van der Waals surface area (Å²) in [6.07, 6.45) is 5.33. The van der Waals surface area contributed by atoms with Crippen LogP contribution in [0.1, 0.15) is 46.5 Å². The predicted molar refractivity (Wildman–Crippen MR) is 71.3 cm³/mol. The van der Waals surface area contributed by atoms with E-state index in [0.29, 0.717) is 6.04 Å². The Balaban J connectivity index is 1.87. The van der Waals surface area contributed by atoms with E-state index in [0.717, 1.165) is 25.8 Å². The number of rotatable bonds is 3. The summed E-state index contributed by atoms with van der Waals surface area (Å²) >= 11 is 0. The molecule has 100 valence electrons. The maximum atomic E-state index is 5.54. The normalized spacial score (nSPS) is 31.9. The lowest BCUT2D eigenvalue weighted by molar-refractivity contribution is 0.0766. The van der Waals surface area contributed by atoms with Gasteiger partial charge in [0.05, 0.1) is 6.61 Å². The maximum Gasteiger partial charge on any atom is 0.0622 e. The van der Waals surface area contributed by atoms with Crippen molar-refractivity contribution in [1.82, 2.24) is 10.2 Å². The van der Waals surface area contributed by atoms with E-state index < -0.39 is 0 Å². The van der Waals surface area contributed by atoms with Gasteiger partial charge >= 0.3 is 0 Å². The molecule has 0 saturated carbocycles. The standard InChI is InChI=1S/C14H28N2O/c1-14(2,3)15-10-12-6-4-5-8-16(12)13-7-9-17-11-13/h12-13,15H,4-11H2,1-3H3. The third-order valence-corrected chi connectivity index (χ3v) is 3.92. The molecule has 2 unspecified atom stereocenters. The number of piperidine rings is 1. The molecule has 1 N–H and O–H groups in total. The second-order valence-corrected chi connectivity index (χ2v) is 6.54. The molecule has 2 aliphatic rings. The Kier molecular flexibility index (Phi) is 4.45. The summed E-state index contributed by atoms with van der Waals surface area (Å²) in [4.78, 5) is 2.70. The van der Waals surface area contributed by atoms with Gasteiger partial charge in [0.2, 0.25) is 0 Å². The SMILES string of the molecule is CC(C)(C)NCC1CCCCN1C1CCOC1. The summed E-state index contributed by atoms with van der Waals surface area (Å²) < 4.78 is 5.54. The van der Waals surface area contributed by atoms with Gasteiger partial charge in [-0.1, -0.05) is 6.42 Å². The summed E-state index contributed by atoms with van der Waals surface area (Å²) in [5.74, 6) is 0. The van der Waals surface area contributed by atoms with Crippen molar-refractivity contribution in [3.05, 3.63) is 0 Å². The molecule has 2 aliphatic heterocycles. The van der Waals surface area contributed by atoms with Crippen LogP contribution < -0.4 is 5.32 Å². The van der Waals surface area contributed by atoms with Gasteiger partial charge in [-0.3, -0.25) is 4.90 Å². The molecule has 3 nitrogen and oxygen atoms in total. The van der Waals surface area contributed by atoms with Crippen molar-refractivity contribution in [2.75, 3.05) is 26.3 Å². The van der Waals surface area contributed by atoms with E-state index >= 15 is 0 Å². The summed E-state index contributed by atoms with van der Waals surface area (Å²) in [5, 5.41) is 3.66. The third-order valence-electron chi connectivity index (χ3n) is 3.92. The van der Waals surface area contributed by atoms with Crippen LogP contribution in [0.15, 0.2) is 0 Å². The average Bonchev–Trinajstić information content (AvgIpc) is 2.79. The van der Waals surface area contributed by atoms with Gasteiger partial charge in [0, 0.05) is 30.8 Å². The highest BCUT2D eigenvalue weighted by atomic mass is 16.5. The van der Waals surface area contributed by atoms with Crippen molar-refractivity contribution in [3.63, 3.8) is 0 Å². The highest BCUT2D eigenvalue weighted by molar-refractivity contribution is 4.87. The van der Waals surface area contributed by atoms with Crippen LogP contribution >= 0.6 is 0 Å². The van der Waals surface area contributed by atoms with Gasteiger partial charge in [-0.15, -0.1) is 0 Å². The maximum absolute atomic E-state index is 5.54. The lowest BCUT2D eigenvalue weighted by atomic mass is 9.98. The molecule has 0 aromatic carbocycles. The lowest BCUT2D eigenvalue weighted by Crippen LogP contribution is -2.53. The van der Waals surface area contributed by atoms with Crippen molar-refractivity contribution in [2.24, 2.45) is 0 Å². The highest BCUT2D eigenvalue weighted by Gasteiger charge is 2.31. The number of likely N-dealkylation sites (tertiary alicyclic amines) is 1. The van der Waals surface area contributed by atoms with E-state index in [1.807, 2.05) is 0 Å². The van der Waals surface area contributed by atoms with E-state index in [-0.39, 0.29) is 5.54 Å². The molecule has 2 heterocycles. The minimum Gasteiger partial charge on any atom is -0.380 e. The van der Waals surface area contributed by atoms with E-state index in [1.54, 1.807) is 0 Å². The number of nitrogens with one attached hydrogen (secondary N) is 1. The van der Waals surface area contributed by atoms with Crippen molar-refractivity contribution in [1.29, 1.82) is 0 Å². The molecule has 3 heteroatoms. The minimum atomic E-state index is 0.231. The van der Waals surface area contributed by atoms with Crippen LogP contribution in [0.2, 0.25) is 0 Å². The van der Waals surface area contributed by atoms with Crippen LogP contribution in [0.25, 0.3) is 0 Å². The summed E-state index contributed by atoms with van der Waals surface area (Å²) in [7, 11) is 0. The van der Waals surface area contributed by atoms with Crippen molar-refractivity contribution < 1.29 is 4.74 Å². The van der Waals surface area contributed by atoms with Crippen LogP contribution in [0, 0.1) is 0 Å². The van der Waals surface area contributed by atoms with Gasteiger partial charge in [-0.25, -0.2) is 0 Å². The molecule has 2 fully saturated rings. The molecule has 0 spiro atoms. The van der Waals surface area contributed by atoms with Gasteiger partial charge < -0.3 is 10.1 Å². The van der Waals surface area contributed by atoms with Gasteiger partial charge in [0.1, 0.15) is 0 Å². The van der Waals surface area contributed by atoms with Crippen molar-refractivity contribution >= 4 is 0 Å². The monoisotopic (exact) mass is 240 g/mol. The largest absolute Gasteiger partial charge is 0.380 e. The number of hydrogen-bond acceptors (Lipinski definition) is 3. The smallest absolute Gasteiger partial charge is 0.0622 e. The Hall–Kier alpha value is -0.120. The van der Waals surface area contributed by atoms with Crippen LogP contribution in [0.4, 0.5) is 0 Å². The fraction of sp³-hybridized carbons (Fsp3) is 1.00. The van der Waals surface area contributed by atoms with Crippen LogP contribution in [0.3, 0.4) is 0 Å². The Morgan fingerprint density at radius 1 is 1.24 bits per heavy atom. The molecule has 0 aliphatic carbocycles. The van der Waals surface area contributed by atoms with Gasteiger partial charge in [-0.05, 0) is 46.6 Å². The first kappa shape index (κ1) is 13.3. The van der Waals surface area contributed by atoms with Gasteiger partial charge in [0.25, 0.3) is 0 Å². The quantitative estimate of drug-likeness (QED) is 0.817. The lowest BCUT2D eigenvalue weighted by Gasteiger charge is -2.40. The Morgan fingerprint density at radius 2 is 2.06 bits per heavy atom. The van der Waals surface area contributed by atoms with Crippen LogP contribution in [-0.4, -0.2) is 48.8 Å². The first-order valence-corrected chi connectivity index (χ1v) is 7.15. The number of ether oxygens (including phenoxy) is 1. The van der Waals surface area contributed by atoms with E-state index in [1.165, 1.54) is 32.2 Å². The zero-order chi connectivity index (χ0) is 12.3. The van der Waals surface area contributed by atoms with E-state index in [9.17, 15) is 0 Å². The zero-order valence-electron chi connectivity index (χ0n) is 11.7. The Morgan fingerprint density at radius 3 is 2.71 bits per heavy atom. The molecule has 0 radical (unpaired) electrons. The fourth-order valence-electron chi connectivity index (χ4n) is 2.93. The molecule has 0 amide bonds. The Labute approximate surface area is 106 Å². The zero-order valence-corrected chi connectivity index (χ0v) is 11.7. The van der Waals surface area contributed by atoms with Crippen molar-refractivity contribution in [3.8, 4) is 0 Å². The molecule has 0 aromatic rings. The van der Waals surface area contributed by atoms with Crippen LogP contribution in [-0.2, 0) is 4.74 Å². The summed E-state index contributed by atoms with van der Waals surface area (Å²) in [6.45, 7) is 11.0. The first-order valence-electron chi connectivity index (χ1n) is 7.15. The first-order chi connectivity index (χ1) is 8.06. The van der Waals surface area contributed by atoms with E-state index in [2.05, 4.69) is 31.0 Å². The third kappa shape index (κ3) is 3.94. The predicted octanol–water partition coefficient (Wildman–Crippen LogP) is 2.02. The molecule has 0 bridgehead atoms. The Bertz CT molecular complexity index is 231. The summed E-state index contributed by atoms with van der Waals surface area (Å²) in [5.41, 5.74) is 0.231. The van der Waals surface area contributed by atoms with Crippen LogP contribution in [0.5, 0.6) is 0 Å². The molecule has 2 saturated heterocycles. The number of nitrogens with zero attached hydrogens (tertiary/aromatic N) is 1. The molecule has 2 rings (SSSR count). The molecule has 0 aromatic heterocycles. The van der Waals surface area contributed by atoms with Crippen molar-refractivity contribution in [2.45, 2.75) is 64.1 Å². The van der Waals surface area contributed by atoms with Gasteiger partial charge in [-0.2, -0.15) is 0 Å². The van der Waals surface area contributed by atoms with Gasteiger partial charge in [0.15, 0.2) is 0 Å². The van der Waals surface area contributed by atoms with E-state index in [4.69, 9.17) is 4.74 Å².